The number of amides is 1. The van der Waals surface area contributed by atoms with E-state index in [4.69, 9.17) is 9.47 Å². The van der Waals surface area contributed by atoms with E-state index in [1.807, 2.05) is 48.5 Å². The summed E-state index contributed by atoms with van der Waals surface area (Å²) < 4.78 is 23.5. The number of anilines is 1. The zero-order valence-corrected chi connectivity index (χ0v) is 17.0. The lowest BCUT2D eigenvalue weighted by Crippen LogP contribution is -2.20. The van der Waals surface area contributed by atoms with Crippen molar-refractivity contribution in [3.05, 3.63) is 101 Å². The molecule has 0 aromatic heterocycles. The third-order valence-electron chi connectivity index (χ3n) is 4.46. The largest absolute Gasteiger partial charge is 0.494 e. The molecule has 3 aromatic rings. The van der Waals surface area contributed by atoms with Crippen molar-refractivity contribution < 1.29 is 23.5 Å². The lowest BCUT2D eigenvalue weighted by molar-refractivity contribution is -0.142. The molecule has 1 amide bonds. The van der Waals surface area contributed by atoms with Crippen LogP contribution >= 0.6 is 0 Å². The second-order valence-electron chi connectivity index (χ2n) is 6.70. The van der Waals surface area contributed by atoms with Gasteiger partial charge in [0, 0.05) is 11.8 Å². The number of ether oxygens (including phenoxy) is 2. The normalized spacial score (nSPS) is 10.6. The van der Waals surface area contributed by atoms with Crippen LogP contribution in [0.1, 0.15) is 16.7 Å². The van der Waals surface area contributed by atoms with Crippen LogP contribution < -0.4 is 10.1 Å². The topological polar surface area (TPSA) is 64.6 Å². The number of carbonyl (C=O) groups excluding carboxylic acids is 2. The zero-order chi connectivity index (χ0) is 22.1. The summed E-state index contributed by atoms with van der Waals surface area (Å²) in [7, 11) is 1.37. The van der Waals surface area contributed by atoms with E-state index >= 15 is 0 Å². The van der Waals surface area contributed by atoms with Crippen LogP contribution in [-0.4, -0.2) is 25.6 Å². The maximum Gasteiger partial charge on any atom is 0.331 e. The van der Waals surface area contributed by atoms with Crippen molar-refractivity contribution in [2.24, 2.45) is 0 Å². The average molecular weight is 419 g/mol. The molecule has 1 N–H and O–H groups in total. The minimum atomic E-state index is -0.705. The minimum Gasteiger partial charge on any atom is -0.494 e. The number of hydrogen-bond acceptors (Lipinski definition) is 4. The molecule has 0 radical (unpaired) electrons. The summed E-state index contributed by atoms with van der Waals surface area (Å²) in [6.45, 7) is -0.431. The molecule has 3 aromatic carbocycles. The van der Waals surface area contributed by atoms with Crippen LogP contribution in [0.5, 0.6) is 5.75 Å². The van der Waals surface area contributed by atoms with Crippen LogP contribution in [0.2, 0.25) is 0 Å². The monoisotopic (exact) mass is 419 g/mol. The molecule has 0 aliphatic heterocycles. The summed E-state index contributed by atoms with van der Waals surface area (Å²) in [4.78, 5) is 24.1. The van der Waals surface area contributed by atoms with Gasteiger partial charge in [-0.25, -0.2) is 9.18 Å². The number of methoxy groups -OCH3 is 1. The van der Waals surface area contributed by atoms with Crippen molar-refractivity contribution in [3.8, 4) is 5.75 Å². The van der Waals surface area contributed by atoms with E-state index in [0.717, 1.165) is 17.2 Å². The van der Waals surface area contributed by atoms with Crippen molar-refractivity contribution in [2.75, 3.05) is 19.0 Å². The SMILES string of the molecule is COc1ccc(/C=C/C(=O)OCC(=O)Nc2ccccc2Cc2ccccc2)cc1F. The number of halogens is 1. The fourth-order valence-electron chi connectivity index (χ4n) is 2.93. The van der Waals surface area contributed by atoms with Crippen LogP contribution in [0.4, 0.5) is 10.1 Å². The van der Waals surface area contributed by atoms with Crippen molar-refractivity contribution >= 4 is 23.6 Å². The van der Waals surface area contributed by atoms with Crippen molar-refractivity contribution in [2.45, 2.75) is 6.42 Å². The Hall–Kier alpha value is -3.93. The van der Waals surface area contributed by atoms with Gasteiger partial charge in [0.25, 0.3) is 5.91 Å². The van der Waals surface area contributed by atoms with E-state index in [1.165, 1.54) is 25.3 Å². The van der Waals surface area contributed by atoms with E-state index in [9.17, 15) is 14.0 Å². The number of para-hydroxylation sites is 1. The molecule has 0 bridgehead atoms. The number of nitrogens with one attached hydrogen (secondary N) is 1. The van der Waals surface area contributed by atoms with Gasteiger partial charge in [-0.2, -0.15) is 0 Å². The Labute approximate surface area is 180 Å². The first-order chi connectivity index (χ1) is 15.0. The Morgan fingerprint density at radius 2 is 1.74 bits per heavy atom. The van der Waals surface area contributed by atoms with Crippen LogP contribution in [0.15, 0.2) is 78.9 Å². The maximum absolute atomic E-state index is 13.7. The Balaban J connectivity index is 1.53. The van der Waals surface area contributed by atoms with E-state index < -0.39 is 24.3 Å². The first-order valence-electron chi connectivity index (χ1n) is 9.65. The summed E-state index contributed by atoms with van der Waals surface area (Å²) in [5.74, 6) is -1.57. The lowest BCUT2D eigenvalue weighted by atomic mass is 10.0. The molecule has 0 saturated carbocycles. The zero-order valence-electron chi connectivity index (χ0n) is 17.0. The quantitative estimate of drug-likeness (QED) is 0.427. The first kappa shape index (κ1) is 21.8. The van der Waals surface area contributed by atoms with Gasteiger partial charge in [0.2, 0.25) is 0 Å². The van der Waals surface area contributed by atoms with Gasteiger partial charge in [-0.15, -0.1) is 0 Å². The first-order valence-corrected chi connectivity index (χ1v) is 9.65. The third-order valence-corrected chi connectivity index (χ3v) is 4.46. The van der Waals surface area contributed by atoms with Gasteiger partial charge in [0.1, 0.15) is 0 Å². The predicted molar refractivity (Wildman–Crippen MR) is 117 cm³/mol. The molecular formula is C25H22FNO4. The molecule has 0 saturated heterocycles. The average Bonchev–Trinajstić information content (AvgIpc) is 2.78. The molecule has 0 aliphatic carbocycles. The van der Waals surface area contributed by atoms with Gasteiger partial charge in [0.15, 0.2) is 18.2 Å². The predicted octanol–water partition coefficient (Wildman–Crippen LogP) is 4.62. The highest BCUT2D eigenvalue weighted by atomic mass is 19.1. The third kappa shape index (κ3) is 6.54. The fraction of sp³-hybridized carbons (Fsp3) is 0.120. The Morgan fingerprint density at radius 1 is 1.00 bits per heavy atom. The van der Waals surface area contributed by atoms with Gasteiger partial charge >= 0.3 is 5.97 Å². The smallest absolute Gasteiger partial charge is 0.331 e. The summed E-state index contributed by atoms with van der Waals surface area (Å²) in [6, 6.07) is 21.7. The van der Waals surface area contributed by atoms with Crippen LogP contribution in [-0.2, 0) is 20.7 Å². The van der Waals surface area contributed by atoms with Crippen LogP contribution in [0.25, 0.3) is 6.08 Å². The Bertz CT molecular complexity index is 1080. The van der Waals surface area contributed by atoms with Crippen LogP contribution in [0.3, 0.4) is 0 Å². The highest BCUT2D eigenvalue weighted by Crippen LogP contribution is 2.20. The standard InChI is InChI=1S/C25H22FNO4/c1-30-23-13-11-19(16-21(23)26)12-14-25(29)31-17-24(28)27-22-10-6-5-9-20(22)15-18-7-3-2-4-8-18/h2-14,16H,15,17H2,1H3,(H,27,28)/b14-12+. The number of benzene rings is 3. The second kappa shape index (κ2) is 10.7. The molecule has 0 aliphatic rings. The minimum absolute atomic E-state index is 0.115. The number of hydrogen-bond donors (Lipinski definition) is 1. The van der Waals surface area contributed by atoms with Gasteiger partial charge in [-0.1, -0.05) is 54.6 Å². The Morgan fingerprint density at radius 3 is 2.48 bits per heavy atom. The molecule has 0 spiro atoms. The summed E-state index contributed by atoms with van der Waals surface area (Å²) in [6.07, 6.45) is 3.20. The van der Waals surface area contributed by atoms with Gasteiger partial charge < -0.3 is 14.8 Å². The van der Waals surface area contributed by atoms with E-state index in [2.05, 4.69) is 5.32 Å². The van der Waals surface area contributed by atoms with Gasteiger partial charge in [0.05, 0.1) is 7.11 Å². The maximum atomic E-state index is 13.7. The molecular weight excluding hydrogens is 397 g/mol. The molecule has 31 heavy (non-hydrogen) atoms. The number of esters is 1. The summed E-state index contributed by atoms with van der Waals surface area (Å²) in [5, 5.41) is 2.78. The van der Waals surface area contributed by atoms with E-state index in [-0.39, 0.29) is 5.75 Å². The molecule has 6 heteroatoms. The van der Waals surface area contributed by atoms with Crippen molar-refractivity contribution in [1.82, 2.24) is 0 Å². The molecule has 5 nitrogen and oxygen atoms in total. The van der Waals surface area contributed by atoms with Gasteiger partial charge in [-0.3, -0.25) is 4.79 Å². The highest BCUT2D eigenvalue weighted by Gasteiger charge is 2.09. The van der Waals surface area contributed by atoms with Crippen molar-refractivity contribution in [3.63, 3.8) is 0 Å². The molecule has 158 valence electrons. The van der Waals surface area contributed by atoms with Crippen LogP contribution in [0, 0.1) is 5.82 Å². The van der Waals surface area contributed by atoms with E-state index in [0.29, 0.717) is 17.7 Å². The van der Waals surface area contributed by atoms with Crippen molar-refractivity contribution in [1.29, 1.82) is 0 Å². The molecule has 3 rings (SSSR count). The molecule has 0 heterocycles. The highest BCUT2D eigenvalue weighted by molar-refractivity contribution is 5.95. The molecule has 0 unspecified atom stereocenters. The lowest BCUT2D eigenvalue weighted by Gasteiger charge is -2.11. The second-order valence-corrected chi connectivity index (χ2v) is 6.70. The summed E-state index contributed by atoms with van der Waals surface area (Å²) >= 11 is 0. The Kier molecular flexibility index (Phi) is 7.54. The molecule has 0 fully saturated rings. The van der Waals surface area contributed by atoms with Gasteiger partial charge in [-0.05, 0) is 47.4 Å². The molecule has 0 atom stereocenters. The number of rotatable bonds is 8. The number of carbonyl (C=O) groups is 2. The van der Waals surface area contributed by atoms with E-state index in [1.54, 1.807) is 12.1 Å². The summed E-state index contributed by atoms with van der Waals surface area (Å²) in [5.41, 5.74) is 3.21. The fourth-order valence-corrected chi connectivity index (χ4v) is 2.93.